The van der Waals surface area contributed by atoms with E-state index in [-0.39, 0.29) is 12.5 Å². The maximum Gasteiger partial charge on any atom is 0.303 e. The molecule has 4 nitrogen and oxygen atoms in total. The highest BCUT2D eigenvalue weighted by Gasteiger charge is 2.05. The summed E-state index contributed by atoms with van der Waals surface area (Å²) < 4.78 is 0. The average Bonchev–Trinajstić information content (AvgIpc) is 2.50. The van der Waals surface area contributed by atoms with Crippen LogP contribution >= 0.6 is 11.3 Å². The molecular formula is C10H16N2O2S. The van der Waals surface area contributed by atoms with Gasteiger partial charge in [0.25, 0.3) is 0 Å². The zero-order chi connectivity index (χ0) is 11.3. The summed E-state index contributed by atoms with van der Waals surface area (Å²) in [6.07, 6.45) is 1.79. The molecular weight excluding hydrogens is 212 g/mol. The SMILES string of the molecule is Cc1csc(NC(C)CCCC(=O)O)n1. The van der Waals surface area contributed by atoms with Crippen molar-refractivity contribution in [3.63, 3.8) is 0 Å². The second-order valence-electron chi connectivity index (χ2n) is 3.63. The van der Waals surface area contributed by atoms with Gasteiger partial charge in [0.2, 0.25) is 0 Å². The van der Waals surface area contributed by atoms with Crippen LogP contribution in [-0.4, -0.2) is 22.1 Å². The number of carboxylic acids is 1. The minimum absolute atomic E-state index is 0.239. The number of thiazole rings is 1. The third-order valence-corrected chi connectivity index (χ3v) is 2.91. The lowest BCUT2D eigenvalue weighted by Gasteiger charge is -2.11. The van der Waals surface area contributed by atoms with Crippen LogP contribution in [0.25, 0.3) is 0 Å². The number of aromatic nitrogens is 1. The zero-order valence-electron chi connectivity index (χ0n) is 8.99. The molecule has 0 saturated carbocycles. The minimum atomic E-state index is -0.729. The molecule has 1 atom stereocenters. The van der Waals surface area contributed by atoms with E-state index < -0.39 is 5.97 Å². The molecule has 1 aromatic rings. The first-order chi connectivity index (χ1) is 7.08. The van der Waals surface area contributed by atoms with Gasteiger partial charge < -0.3 is 10.4 Å². The van der Waals surface area contributed by atoms with E-state index in [9.17, 15) is 4.79 Å². The summed E-state index contributed by atoms with van der Waals surface area (Å²) in [6.45, 7) is 4.00. The quantitative estimate of drug-likeness (QED) is 0.785. The summed E-state index contributed by atoms with van der Waals surface area (Å²) in [5.74, 6) is -0.729. The lowest BCUT2D eigenvalue weighted by atomic mass is 10.1. The highest BCUT2D eigenvalue weighted by molar-refractivity contribution is 7.13. The van der Waals surface area contributed by atoms with Crippen molar-refractivity contribution in [2.45, 2.75) is 39.2 Å². The van der Waals surface area contributed by atoms with E-state index in [1.165, 1.54) is 0 Å². The number of carboxylic acid groups (broad SMARTS) is 1. The Morgan fingerprint density at radius 2 is 2.47 bits per heavy atom. The minimum Gasteiger partial charge on any atom is -0.481 e. The highest BCUT2D eigenvalue weighted by atomic mass is 32.1. The molecule has 1 unspecified atom stereocenters. The maximum absolute atomic E-state index is 10.3. The van der Waals surface area contributed by atoms with Gasteiger partial charge in [0, 0.05) is 17.8 Å². The molecule has 0 amide bonds. The van der Waals surface area contributed by atoms with Gasteiger partial charge >= 0.3 is 5.97 Å². The Labute approximate surface area is 93.4 Å². The van der Waals surface area contributed by atoms with Crippen molar-refractivity contribution in [1.29, 1.82) is 0 Å². The number of aliphatic carboxylic acids is 1. The van der Waals surface area contributed by atoms with Crippen LogP contribution in [0.3, 0.4) is 0 Å². The summed E-state index contributed by atoms with van der Waals surface area (Å²) in [6, 6.07) is 0.273. The van der Waals surface area contributed by atoms with Gasteiger partial charge in [-0.3, -0.25) is 4.79 Å². The number of hydrogen-bond donors (Lipinski definition) is 2. The van der Waals surface area contributed by atoms with E-state index in [0.717, 1.165) is 17.2 Å². The lowest BCUT2D eigenvalue weighted by molar-refractivity contribution is -0.137. The number of carbonyl (C=O) groups is 1. The standard InChI is InChI=1S/C10H16N2O2S/c1-7(4-3-5-9(13)14)11-10-12-8(2)6-15-10/h6-7H,3-5H2,1-2H3,(H,11,12)(H,13,14). The Morgan fingerprint density at radius 1 is 1.73 bits per heavy atom. The Hall–Kier alpha value is -1.10. The topological polar surface area (TPSA) is 62.2 Å². The van der Waals surface area contributed by atoms with Crippen LogP contribution in [0.5, 0.6) is 0 Å². The number of nitrogens with zero attached hydrogens (tertiary/aromatic N) is 1. The third-order valence-electron chi connectivity index (χ3n) is 2.02. The summed E-state index contributed by atoms with van der Waals surface area (Å²) >= 11 is 1.58. The van der Waals surface area contributed by atoms with Crippen LogP contribution in [0.1, 0.15) is 31.9 Å². The number of hydrogen-bond acceptors (Lipinski definition) is 4. The van der Waals surface area contributed by atoms with Crippen molar-refractivity contribution in [3.05, 3.63) is 11.1 Å². The number of anilines is 1. The molecule has 2 N–H and O–H groups in total. The largest absolute Gasteiger partial charge is 0.481 e. The molecule has 0 radical (unpaired) electrons. The van der Waals surface area contributed by atoms with E-state index in [2.05, 4.69) is 10.3 Å². The maximum atomic E-state index is 10.3. The van der Waals surface area contributed by atoms with E-state index in [0.29, 0.717) is 6.42 Å². The van der Waals surface area contributed by atoms with Gasteiger partial charge in [-0.15, -0.1) is 11.3 Å². The molecule has 0 aromatic carbocycles. The van der Waals surface area contributed by atoms with Gasteiger partial charge in [0.15, 0.2) is 5.13 Å². The Bertz CT molecular complexity index is 325. The number of aryl methyl sites for hydroxylation is 1. The Morgan fingerprint density at radius 3 is 3.00 bits per heavy atom. The summed E-state index contributed by atoms with van der Waals surface area (Å²) in [5.41, 5.74) is 1.01. The first kappa shape index (κ1) is 12.0. The van der Waals surface area contributed by atoms with Crippen molar-refractivity contribution < 1.29 is 9.90 Å². The van der Waals surface area contributed by atoms with E-state index in [4.69, 9.17) is 5.11 Å². The highest BCUT2D eigenvalue weighted by Crippen LogP contribution is 2.16. The van der Waals surface area contributed by atoms with Crippen LogP contribution < -0.4 is 5.32 Å². The van der Waals surface area contributed by atoms with Gasteiger partial charge in [-0.25, -0.2) is 4.98 Å². The lowest BCUT2D eigenvalue weighted by Crippen LogP contribution is -2.15. The second kappa shape index (κ2) is 5.70. The molecule has 1 rings (SSSR count). The van der Waals surface area contributed by atoms with Crippen LogP contribution in [0, 0.1) is 6.92 Å². The van der Waals surface area contributed by atoms with E-state index in [1.54, 1.807) is 11.3 Å². The van der Waals surface area contributed by atoms with Crippen molar-refractivity contribution >= 4 is 22.4 Å². The van der Waals surface area contributed by atoms with Crippen molar-refractivity contribution in [3.8, 4) is 0 Å². The molecule has 84 valence electrons. The number of nitrogens with one attached hydrogen (secondary N) is 1. The Kier molecular flexibility index (Phi) is 4.55. The molecule has 5 heteroatoms. The molecule has 0 saturated heterocycles. The van der Waals surface area contributed by atoms with Crippen LogP contribution in [-0.2, 0) is 4.79 Å². The van der Waals surface area contributed by atoms with Crippen LogP contribution in [0.15, 0.2) is 5.38 Å². The fourth-order valence-corrected chi connectivity index (χ4v) is 2.06. The third kappa shape index (κ3) is 4.78. The predicted molar refractivity (Wildman–Crippen MR) is 61.4 cm³/mol. The second-order valence-corrected chi connectivity index (χ2v) is 4.48. The van der Waals surface area contributed by atoms with Gasteiger partial charge in [-0.1, -0.05) is 0 Å². The molecule has 0 aliphatic carbocycles. The molecule has 0 fully saturated rings. The van der Waals surface area contributed by atoms with Gasteiger partial charge in [0.1, 0.15) is 0 Å². The Balaban J connectivity index is 2.24. The molecule has 0 spiro atoms. The van der Waals surface area contributed by atoms with E-state index in [1.807, 2.05) is 19.2 Å². The summed E-state index contributed by atoms with van der Waals surface area (Å²) in [7, 11) is 0. The zero-order valence-corrected chi connectivity index (χ0v) is 9.80. The summed E-state index contributed by atoms with van der Waals surface area (Å²) in [4.78, 5) is 14.6. The fraction of sp³-hybridized carbons (Fsp3) is 0.600. The summed E-state index contributed by atoms with van der Waals surface area (Å²) in [5, 5.41) is 14.6. The first-order valence-electron chi connectivity index (χ1n) is 4.98. The predicted octanol–water partition coefficient (Wildman–Crippen LogP) is 2.51. The first-order valence-corrected chi connectivity index (χ1v) is 5.86. The number of rotatable bonds is 6. The molecule has 1 heterocycles. The average molecular weight is 228 g/mol. The van der Waals surface area contributed by atoms with Crippen LogP contribution in [0.2, 0.25) is 0 Å². The molecule has 1 aromatic heterocycles. The van der Waals surface area contributed by atoms with Crippen molar-refractivity contribution in [2.24, 2.45) is 0 Å². The van der Waals surface area contributed by atoms with Gasteiger partial charge in [-0.2, -0.15) is 0 Å². The van der Waals surface area contributed by atoms with Crippen LogP contribution in [0.4, 0.5) is 5.13 Å². The molecule has 0 aliphatic heterocycles. The van der Waals surface area contributed by atoms with Crippen molar-refractivity contribution in [1.82, 2.24) is 4.98 Å². The van der Waals surface area contributed by atoms with E-state index >= 15 is 0 Å². The fourth-order valence-electron chi connectivity index (χ4n) is 1.26. The molecule has 15 heavy (non-hydrogen) atoms. The molecule has 0 aliphatic rings. The molecule has 0 bridgehead atoms. The normalized spacial score (nSPS) is 12.4. The van der Waals surface area contributed by atoms with Crippen molar-refractivity contribution in [2.75, 3.05) is 5.32 Å². The monoisotopic (exact) mass is 228 g/mol. The van der Waals surface area contributed by atoms with Gasteiger partial charge in [-0.05, 0) is 26.7 Å². The van der Waals surface area contributed by atoms with Gasteiger partial charge in [0.05, 0.1) is 5.69 Å². The smallest absolute Gasteiger partial charge is 0.303 e.